The van der Waals surface area contributed by atoms with Gasteiger partial charge in [-0.2, -0.15) is 18.3 Å². The minimum absolute atomic E-state index is 0.458. The number of alkyl halides is 3. The first-order valence-electron chi connectivity index (χ1n) is 6.91. The van der Waals surface area contributed by atoms with E-state index in [0.717, 1.165) is 17.7 Å². The molecule has 5 nitrogen and oxygen atoms in total. The van der Waals surface area contributed by atoms with Gasteiger partial charge in [0.05, 0.1) is 11.6 Å². The lowest BCUT2D eigenvalue weighted by Crippen LogP contribution is -2.23. The Morgan fingerprint density at radius 3 is 2.74 bits per heavy atom. The molecule has 3 aromatic rings. The van der Waals surface area contributed by atoms with Gasteiger partial charge >= 0.3 is 6.18 Å². The summed E-state index contributed by atoms with van der Waals surface area (Å²) >= 11 is 0. The molecule has 0 amide bonds. The van der Waals surface area contributed by atoms with E-state index < -0.39 is 17.8 Å². The Hall–Kier alpha value is -2.61. The molecule has 1 aromatic carbocycles. The molecule has 0 fully saturated rings. The van der Waals surface area contributed by atoms with Crippen LogP contribution in [0.3, 0.4) is 0 Å². The number of benzene rings is 1. The van der Waals surface area contributed by atoms with E-state index in [-0.39, 0.29) is 0 Å². The lowest BCUT2D eigenvalue weighted by Gasteiger charge is -2.18. The minimum Gasteiger partial charge on any atom is -0.367 e. The van der Waals surface area contributed by atoms with Crippen molar-refractivity contribution in [1.82, 2.24) is 25.5 Å². The molecule has 1 atom stereocenters. The maximum Gasteiger partial charge on any atom is 0.416 e. The van der Waals surface area contributed by atoms with E-state index in [4.69, 9.17) is 0 Å². The van der Waals surface area contributed by atoms with Crippen LogP contribution in [-0.2, 0) is 12.7 Å². The van der Waals surface area contributed by atoms with E-state index in [1.165, 1.54) is 12.4 Å². The van der Waals surface area contributed by atoms with Crippen molar-refractivity contribution in [3.63, 3.8) is 0 Å². The van der Waals surface area contributed by atoms with Gasteiger partial charge in [-0.05, 0) is 29.3 Å². The van der Waals surface area contributed by atoms with Crippen molar-refractivity contribution in [3.05, 3.63) is 71.6 Å². The number of aromatic amines is 2. The average Bonchev–Trinajstić information content (AvgIpc) is 3.20. The number of hydrogen-bond donors (Lipinski definition) is 3. The largest absolute Gasteiger partial charge is 0.416 e. The minimum atomic E-state index is -4.39. The number of halogens is 3. The van der Waals surface area contributed by atoms with Crippen LogP contribution in [0, 0.1) is 0 Å². The zero-order valence-electron chi connectivity index (χ0n) is 11.9. The molecule has 0 saturated carbocycles. The van der Waals surface area contributed by atoms with Gasteiger partial charge in [-0.15, -0.1) is 0 Å². The van der Waals surface area contributed by atoms with Gasteiger partial charge in [0, 0.05) is 18.9 Å². The Morgan fingerprint density at radius 1 is 1.22 bits per heavy atom. The summed E-state index contributed by atoms with van der Waals surface area (Å²) in [5.41, 5.74) is 0.761. The van der Waals surface area contributed by atoms with Gasteiger partial charge in [-0.1, -0.05) is 12.1 Å². The van der Waals surface area contributed by atoms with Crippen molar-refractivity contribution in [2.24, 2.45) is 0 Å². The van der Waals surface area contributed by atoms with Crippen molar-refractivity contribution in [2.45, 2.75) is 18.8 Å². The molecule has 3 rings (SSSR count). The fraction of sp³-hybridized carbons (Fsp3) is 0.200. The van der Waals surface area contributed by atoms with Gasteiger partial charge in [-0.3, -0.25) is 10.4 Å². The van der Waals surface area contributed by atoms with E-state index in [1.54, 1.807) is 12.3 Å². The third-order valence-electron chi connectivity index (χ3n) is 3.43. The smallest absolute Gasteiger partial charge is 0.367 e. The predicted molar refractivity (Wildman–Crippen MR) is 77.3 cm³/mol. The highest BCUT2D eigenvalue weighted by atomic mass is 19.4. The second-order valence-electron chi connectivity index (χ2n) is 5.03. The van der Waals surface area contributed by atoms with Crippen LogP contribution in [-0.4, -0.2) is 20.2 Å². The second-order valence-corrected chi connectivity index (χ2v) is 5.03. The summed E-state index contributed by atoms with van der Waals surface area (Å²) in [4.78, 5) is 7.00. The maximum atomic E-state index is 12.9. The summed E-state index contributed by atoms with van der Waals surface area (Å²) in [6, 6.07) is 6.56. The van der Waals surface area contributed by atoms with Gasteiger partial charge in [0.25, 0.3) is 0 Å². The quantitative estimate of drug-likeness (QED) is 0.676. The summed E-state index contributed by atoms with van der Waals surface area (Å²) in [7, 11) is 0. The first-order chi connectivity index (χ1) is 11.0. The van der Waals surface area contributed by atoms with Crippen LogP contribution in [0.5, 0.6) is 0 Å². The standard InChI is InChI=1S/C15H14F3N5/c16-15(17,18)12-3-1-2-11(6-12)13(14-21-9-22-23-14)20-8-10-4-5-19-7-10/h1-7,9,13,19-20H,8H2,(H,21,22,23). The number of hydrogen-bond acceptors (Lipinski definition) is 3. The number of nitrogens with zero attached hydrogens (tertiary/aromatic N) is 2. The first-order valence-corrected chi connectivity index (χ1v) is 6.91. The molecule has 3 N–H and O–H groups in total. The highest BCUT2D eigenvalue weighted by Gasteiger charge is 2.31. The van der Waals surface area contributed by atoms with Gasteiger partial charge in [0.15, 0.2) is 0 Å². The van der Waals surface area contributed by atoms with Crippen LogP contribution < -0.4 is 5.32 Å². The highest BCUT2D eigenvalue weighted by molar-refractivity contribution is 5.31. The normalized spacial score (nSPS) is 13.2. The predicted octanol–water partition coefficient (Wildman–Crippen LogP) is 3.03. The molecule has 8 heteroatoms. The molecule has 2 aromatic heterocycles. The third kappa shape index (κ3) is 3.59. The molecule has 23 heavy (non-hydrogen) atoms. The molecule has 2 heterocycles. The molecule has 0 aliphatic rings. The number of rotatable bonds is 5. The Balaban J connectivity index is 1.89. The molecule has 0 aliphatic heterocycles. The zero-order valence-corrected chi connectivity index (χ0v) is 11.9. The van der Waals surface area contributed by atoms with Gasteiger partial charge in [0.2, 0.25) is 0 Å². The molecule has 120 valence electrons. The van der Waals surface area contributed by atoms with E-state index >= 15 is 0 Å². The van der Waals surface area contributed by atoms with Crippen molar-refractivity contribution in [2.75, 3.05) is 0 Å². The molecule has 0 bridgehead atoms. The highest BCUT2D eigenvalue weighted by Crippen LogP contribution is 2.31. The number of nitrogens with one attached hydrogen (secondary N) is 3. The van der Waals surface area contributed by atoms with Crippen LogP contribution in [0.25, 0.3) is 0 Å². The van der Waals surface area contributed by atoms with Crippen molar-refractivity contribution in [1.29, 1.82) is 0 Å². The fourth-order valence-corrected chi connectivity index (χ4v) is 2.31. The van der Waals surface area contributed by atoms with Crippen LogP contribution in [0.4, 0.5) is 13.2 Å². The van der Waals surface area contributed by atoms with Crippen molar-refractivity contribution >= 4 is 0 Å². The Morgan fingerprint density at radius 2 is 2.09 bits per heavy atom. The summed E-state index contributed by atoms with van der Waals surface area (Å²) < 4.78 is 38.8. The van der Waals surface area contributed by atoms with Crippen LogP contribution in [0.1, 0.15) is 28.6 Å². The van der Waals surface area contributed by atoms with Crippen LogP contribution in [0.2, 0.25) is 0 Å². The molecule has 1 unspecified atom stereocenters. The Labute approximate surface area is 130 Å². The number of H-pyrrole nitrogens is 2. The average molecular weight is 321 g/mol. The lowest BCUT2D eigenvalue weighted by molar-refractivity contribution is -0.137. The SMILES string of the molecule is FC(F)(F)c1cccc(C(NCc2cc[nH]c2)c2ncn[nH]2)c1. The van der Waals surface area contributed by atoms with Crippen molar-refractivity contribution in [3.8, 4) is 0 Å². The summed E-state index contributed by atoms with van der Waals surface area (Å²) in [5, 5.41) is 9.69. The second kappa shape index (κ2) is 6.25. The summed E-state index contributed by atoms with van der Waals surface area (Å²) in [6.07, 6.45) is 0.540. The number of aromatic nitrogens is 4. The maximum absolute atomic E-state index is 12.9. The van der Waals surface area contributed by atoms with E-state index in [2.05, 4.69) is 25.5 Å². The lowest BCUT2D eigenvalue weighted by atomic mass is 10.0. The third-order valence-corrected chi connectivity index (χ3v) is 3.43. The van der Waals surface area contributed by atoms with Crippen LogP contribution >= 0.6 is 0 Å². The topological polar surface area (TPSA) is 69.4 Å². The Kier molecular flexibility index (Phi) is 4.16. The molecular weight excluding hydrogens is 307 g/mol. The summed E-state index contributed by atoms with van der Waals surface area (Å²) in [5.74, 6) is 0.458. The summed E-state index contributed by atoms with van der Waals surface area (Å²) in [6.45, 7) is 0.477. The van der Waals surface area contributed by atoms with Crippen molar-refractivity contribution < 1.29 is 13.2 Å². The zero-order chi connectivity index (χ0) is 16.3. The molecule has 0 aliphatic carbocycles. The monoisotopic (exact) mass is 321 g/mol. The molecule has 0 saturated heterocycles. The first kappa shape index (κ1) is 15.3. The van der Waals surface area contributed by atoms with E-state index in [1.807, 2.05) is 12.3 Å². The van der Waals surface area contributed by atoms with E-state index in [0.29, 0.717) is 17.9 Å². The molecule has 0 radical (unpaired) electrons. The van der Waals surface area contributed by atoms with Crippen LogP contribution in [0.15, 0.2) is 49.1 Å². The van der Waals surface area contributed by atoms with Gasteiger partial charge < -0.3 is 4.98 Å². The Bertz CT molecular complexity index is 735. The molecular formula is C15H14F3N5. The van der Waals surface area contributed by atoms with Gasteiger partial charge in [0.1, 0.15) is 12.2 Å². The van der Waals surface area contributed by atoms with E-state index in [9.17, 15) is 13.2 Å². The van der Waals surface area contributed by atoms with Gasteiger partial charge in [-0.25, -0.2) is 4.98 Å². The fourth-order valence-electron chi connectivity index (χ4n) is 2.31. The molecule has 0 spiro atoms.